The van der Waals surface area contributed by atoms with Crippen LogP contribution in [0.2, 0.25) is 5.02 Å². The highest BCUT2D eigenvalue weighted by molar-refractivity contribution is 7.90. The second kappa shape index (κ2) is 15.8. The number of hydrogen-bond donors (Lipinski definition) is 2. The minimum absolute atomic E-state index is 0.0414. The molecule has 2 aliphatic carbocycles. The van der Waals surface area contributed by atoms with Crippen LogP contribution in [0.25, 0.3) is 0 Å². The van der Waals surface area contributed by atoms with E-state index in [2.05, 4.69) is 41.3 Å². The fourth-order valence-corrected chi connectivity index (χ4v) is 9.52. The van der Waals surface area contributed by atoms with Crippen molar-refractivity contribution in [1.82, 2.24) is 4.72 Å². The lowest BCUT2D eigenvalue weighted by Gasteiger charge is -2.45. The number of anilines is 1. The topological polar surface area (TPSA) is 105 Å². The molecule has 2 aromatic rings. The third-order valence-corrected chi connectivity index (χ3v) is 12.7. The molecule has 0 bridgehead atoms. The molecule has 8 nitrogen and oxygen atoms in total. The lowest BCUT2D eigenvalue weighted by Crippen LogP contribution is -2.49. The van der Waals surface area contributed by atoms with E-state index in [4.69, 9.17) is 21.1 Å². The number of methoxy groups -OCH3 is 1. The number of nitrogens with one attached hydrogen (secondary N) is 1. The van der Waals surface area contributed by atoms with Gasteiger partial charge in [-0.2, -0.15) is 0 Å². The number of aliphatic hydroxyl groups is 1. The van der Waals surface area contributed by atoms with E-state index in [-0.39, 0.29) is 35.3 Å². The molecule has 0 saturated heterocycles. The van der Waals surface area contributed by atoms with Gasteiger partial charge in [-0.05, 0) is 104 Å². The second-order valence-electron chi connectivity index (χ2n) is 14.0. The summed E-state index contributed by atoms with van der Waals surface area (Å²) in [6, 6.07) is 11.3. The van der Waals surface area contributed by atoms with Crippen LogP contribution in [-0.4, -0.2) is 64.2 Å². The molecule has 6 atom stereocenters. The number of aliphatic hydroxyl groups excluding tert-OH is 1. The van der Waals surface area contributed by atoms with Crippen molar-refractivity contribution in [2.24, 2.45) is 17.8 Å². The lowest BCUT2D eigenvalue weighted by atomic mass is 9.68. The van der Waals surface area contributed by atoms with E-state index >= 15 is 0 Å². The minimum Gasteiger partial charge on any atom is -0.490 e. The number of rotatable bonds is 14. The van der Waals surface area contributed by atoms with E-state index in [1.807, 2.05) is 19.1 Å². The van der Waals surface area contributed by atoms with E-state index in [0.717, 1.165) is 55.7 Å². The Kier molecular flexibility index (Phi) is 12.0. The van der Waals surface area contributed by atoms with Crippen molar-refractivity contribution in [2.45, 2.75) is 82.0 Å². The first-order valence-electron chi connectivity index (χ1n) is 17.3. The van der Waals surface area contributed by atoms with E-state index in [0.29, 0.717) is 31.9 Å². The number of hydrogen-bond acceptors (Lipinski definition) is 7. The van der Waals surface area contributed by atoms with E-state index < -0.39 is 27.3 Å². The number of sulfonamides is 1. The number of carbonyl (C=O) groups is 1. The summed E-state index contributed by atoms with van der Waals surface area (Å²) in [5, 5.41) is 10.9. The molecule has 1 heterocycles. The Morgan fingerprint density at radius 2 is 2.08 bits per heavy atom. The SMILES string of the molecule is C=CC[C@@H](C)[C@H](COC)S(=O)(=O)NC(=O)c1ccc2c(c1)N(C[C@@H]1CC[C@H]1[C@@H](O)/C=C/CCC)C[C@@]1(CCCc3cc(Cl)ccc31)CO2. The zero-order valence-corrected chi connectivity index (χ0v) is 30.1. The third kappa shape index (κ3) is 7.96. The summed E-state index contributed by atoms with van der Waals surface area (Å²) in [5.41, 5.74) is 3.18. The summed E-state index contributed by atoms with van der Waals surface area (Å²) >= 11 is 6.42. The Labute approximate surface area is 291 Å². The number of carbonyl (C=O) groups excluding carboxylic acids is 1. The van der Waals surface area contributed by atoms with Crippen LogP contribution >= 0.6 is 11.6 Å². The number of amides is 1. The van der Waals surface area contributed by atoms with Gasteiger partial charge < -0.3 is 19.5 Å². The van der Waals surface area contributed by atoms with E-state index in [1.54, 1.807) is 24.3 Å². The van der Waals surface area contributed by atoms with Gasteiger partial charge in [-0.1, -0.05) is 56.2 Å². The Morgan fingerprint density at radius 1 is 1.27 bits per heavy atom. The Bertz CT molecular complexity index is 1600. The van der Waals surface area contributed by atoms with Gasteiger partial charge in [0.2, 0.25) is 10.0 Å². The van der Waals surface area contributed by atoms with Crippen molar-refractivity contribution in [2.75, 3.05) is 38.3 Å². The normalized spacial score (nSPS) is 24.1. The van der Waals surface area contributed by atoms with Gasteiger partial charge in [0.25, 0.3) is 5.91 Å². The highest BCUT2D eigenvalue weighted by Gasteiger charge is 2.44. The first kappa shape index (κ1) is 36.4. The van der Waals surface area contributed by atoms with E-state index in [9.17, 15) is 18.3 Å². The van der Waals surface area contributed by atoms with Crippen molar-refractivity contribution in [3.8, 4) is 5.75 Å². The highest BCUT2D eigenvalue weighted by Crippen LogP contribution is 2.46. The van der Waals surface area contributed by atoms with Crippen molar-refractivity contribution in [3.05, 3.63) is 82.9 Å². The maximum atomic E-state index is 13.6. The quantitative estimate of drug-likeness (QED) is 0.208. The molecule has 48 heavy (non-hydrogen) atoms. The maximum Gasteiger partial charge on any atom is 0.264 e. The monoisotopic (exact) mass is 698 g/mol. The molecule has 1 amide bonds. The number of benzene rings is 2. The zero-order chi connectivity index (χ0) is 34.5. The molecule has 2 N–H and O–H groups in total. The number of halogens is 1. The first-order valence-corrected chi connectivity index (χ1v) is 19.3. The van der Waals surface area contributed by atoms with Crippen LogP contribution in [0.1, 0.15) is 80.3 Å². The van der Waals surface area contributed by atoms with Gasteiger partial charge in [0.1, 0.15) is 11.0 Å². The fourth-order valence-electron chi connectivity index (χ4n) is 7.76. The molecule has 5 rings (SSSR count). The summed E-state index contributed by atoms with van der Waals surface area (Å²) in [6.45, 7) is 9.45. The molecular formula is C38H51ClN2O6S. The molecule has 3 aliphatic rings. The van der Waals surface area contributed by atoms with Crippen LogP contribution in [-0.2, 0) is 26.6 Å². The van der Waals surface area contributed by atoms with Crippen LogP contribution in [0.5, 0.6) is 5.75 Å². The molecule has 1 saturated carbocycles. The van der Waals surface area contributed by atoms with Gasteiger partial charge in [0.05, 0.1) is 25.0 Å². The standard InChI is InChI=1S/C38H51ClN2O6S/c1-5-7-8-12-34(42)31-16-13-29(31)22-41-24-38(19-9-11-27-20-30(39)15-17-32(27)38)25-47-35-18-14-28(21-33(35)41)37(43)40-48(44,45)36(23-46-4)26(3)10-6-2/h6,8,12,14-15,17-18,20-21,26,29,31,34,36,42H,2,5,7,9-11,13,16,19,22-25H2,1,3-4H3,(H,40,43)/b12-8+/t26-,29+,31-,34+,36+,38+/m1/s1. The Balaban J connectivity index is 1.47. The van der Waals surface area contributed by atoms with E-state index in [1.165, 1.54) is 18.2 Å². The molecule has 2 aromatic carbocycles. The van der Waals surface area contributed by atoms with Crippen molar-refractivity contribution in [1.29, 1.82) is 0 Å². The maximum absolute atomic E-state index is 13.6. The number of ether oxygens (including phenoxy) is 2. The van der Waals surface area contributed by atoms with Gasteiger partial charge in [0, 0.05) is 36.2 Å². The highest BCUT2D eigenvalue weighted by atomic mass is 35.5. The molecule has 1 spiro atoms. The Hall–Kier alpha value is -2.85. The van der Waals surface area contributed by atoms with Crippen LogP contribution in [0.3, 0.4) is 0 Å². The molecular weight excluding hydrogens is 648 g/mol. The van der Waals surface area contributed by atoms with Crippen LogP contribution < -0.4 is 14.4 Å². The van der Waals surface area contributed by atoms with Gasteiger partial charge in [-0.3, -0.25) is 4.79 Å². The molecule has 10 heteroatoms. The average molecular weight is 699 g/mol. The van der Waals surface area contributed by atoms with Gasteiger partial charge >= 0.3 is 0 Å². The second-order valence-corrected chi connectivity index (χ2v) is 16.3. The van der Waals surface area contributed by atoms with Crippen LogP contribution in [0.15, 0.2) is 61.2 Å². The summed E-state index contributed by atoms with van der Waals surface area (Å²) in [4.78, 5) is 15.9. The summed E-state index contributed by atoms with van der Waals surface area (Å²) < 4.78 is 41.0. The molecule has 262 valence electrons. The van der Waals surface area contributed by atoms with Crippen LogP contribution in [0.4, 0.5) is 5.69 Å². The zero-order valence-electron chi connectivity index (χ0n) is 28.5. The van der Waals surface area contributed by atoms with Crippen molar-refractivity contribution >= 4 is 33.2 Å². The number of aryl methyl sites for hydroxylation is 1. The number of fused-ring (bicyclic) bond motifs is 3. The Morgan fingerprint density at radius 3 is 2.79 bits per heavy atom. The van der Waals surface area contributed by atoms with Crippen LogP contribution in [0, 0.1) is 17.8 Å². The summed E-state index contributed by atoms with van der Waals surface area (Å²) in [7, 11) is -2.61. The number of allylic oxidation sites excluding steroid dienone is 2. The molecule has 0 aromatic heterocycles. The molecule has 1 aliphatic heterocycles. The molecule has 1 fully saturated rings. The van der Waals surface area contributed by atoms with Crippen molar-refractivity contribution in [3.63, 3.8) is 0 Å². The smallest absolute Gasteiger partial charge is 0.264 e. The minimum atomic E-state index is -4.06. The largest absolute Gasteiger partial charge is 0.490 e. The van der Waals surface area contributed by atoms with Crippen molar-refractivity contribution < 1.29 is 27.8 Å². The fraction of sp³-hybridized carbons (Fsp3) is 0.553. The first-order chi connectivity index (χ1) is 23.0. The van der Waals surface area contributed by atoms with Gasteiger partial charge in [0.15, 0.2) is 0 Å². The summed E-state index contributed by atoms with van der Waals surface area (Å²) in [6.07, 6.45) is 12.5. The van der Waals surface area contributed by atoms with Gasteiger partial charge in [-0.25, -0.2) is 13.1 Å². The number of nitrogens with zero attached hydrogens (tertiary/aromatic N) is 1. The number of unbranched alkanes of at least 4 members (excludes halogenated alkanes) is 1. The van der Waals surface area contributed by atoms with Gasteiger partial charge in [-0.15, -0.1) is 6.58 Å². The predicted molar refractivity (Wildman–Crippen MR) is 193 cm³/mol. The lowest BCUT2D eigenvalue weighted by molar-refractivity contribution is 0.0456. The molecule has 0 unspecified atom stereocenters. The predicted octanol–water partition coefficient (Wildman–Crippen LogP) is 6.84. The molecule has 0 radical (unpaired) electrons. The summed E-state index contributed by atoms with van der Waals surface area (Å²) in [5.74, 6) is 0.0612. The average Bonchev–Trinajstić information content (AvgIpc) is 3.18. The third-order valence-electron chi connectivity index (χ3n) is 10.6.